The maximum Gasteiger partial charge on any atom is 0.222 e. The Morgan fingerprint density at radius 1 is 1.12 bits per heavy atom. The average molecular weight is 341 g/mol. The number of amides is 1. The molecular weight excluding hydrogens is 308 g/mol. The van der Waals surface area contributed by atoms with Crippen LogP contribution in [0.2, 0.25) is 0 Å². The van der Waals surface area contributed by atoms with Crippen molar-refractivity contribution in [2.24, 2.45) is 11.3 Å². The van der Waals surface area contributed by atoms with Crippen LogP contribution in [-0.2, 0) is 10.3 Å². The van der Waals surface area contributed by atoms with Gasteiger partial charge < -0.3 is 10.2 Å². The summed E-state index contributed by atoms with van der Waals surface area (Å²) in [5, 5.41) is 3.63. The Labute approximate surface area is 152 Å². The summed E-state index contributed by atoms with van der Waals surface area (Å²) in [5.41, 5.74) is 1.92. The Kier molecular flexibility index (Phi) is 4.61. The van der Waals surface area contributed by atoms with Gasteiger partial charge in [0.05, 0.1) is 0 Å². The molecule has 4 rings (SSSR count). The molecule has 3 fully saturated rings. The van der Waals surface area contributed by atoms with E-state index in [0.717, 1.165) is 19.5 Å². The van der Waals surface area contributed by atoms with Crippen LogP contribution in [0.25, 0.3) is 0 Å². The van der Waals surface area contributed by atoms with E-state index in [1.807, 2.05) is 0 Å². The third kappa shape index (κ3) is 3.23. The molecule has 1 spiro atoms. The quantitative estimate of drug-likeness (QED) is 0.895. The van der Waals surface area contributed by atoms with E-state index in [1.165, 1.54) is 56.9 Å². The van der Waals surface area contributed by atoms with E-state index in [1.54, 1.807) is 0 Å². The lowest BCUT2D eigenvalue weighted by molar-refractivity contribution is -0.132. The standard InChI is InChI=1S/C22H32N2O/c1-23-22(19-8-3-2-4-9-19)12-10-21(11-13-22)14-15-24(17-21)20(25)16-18-6-5-7-18/h2-4,8-9,18,23H,5-7,10-17H2,1H3. The van der Waals surface area contributed by atoms with Crippen molar-refractivity contribution in [3.8, 4) is 0 Å². The van der Waals surface area contributed by atoms with Gasteiger partial charge >= 0.3 is 0 Å². The maximum atomic E-state index is 12.6. The highest BCUT2D eigenvalue weighted by Gasteiger charge is 2.47. The van der Waals surface area contributed by atoms with E-state index < -0.39 is 0 Å². The van der Waals surface area contributed by atoms with Crippen molar-refractivity contribution < 1.29 is 4.79 Å². The molecule has 1 heterocycles. The summed E-state index contributed by atoms with van der Waals surface area (Å²) in [6, 6.07) is 10.9. The van der Waals surface area contributed by atoms with Gasteiger partial charge in [-0.3, -0.25) is 4.79 Å². The highest BCUT2D eigenvalue weighted by Crippen LogP contribution is 2.50. The first-order valence-electron chi connectivity index (χ1n) is 10.2. The van der Waals surface area contributed by atoms with Crippen molar-refractivity contribution >= 4 is 5.91 Å². The Morgan fingerprint density at radius 3 is 2.44 bits per heavy atom. The second-order valence-corrected chi connectivity index (χ2v) is 8.76. The molecule has 1 N–H and O–H groups in total. The first-order chi connectivity index (χ1) is 12.1. The number of rotatable bonds is 4. The van der Waals surface area contributed by atoms with Gasteiger partial charge in [-0.2, -0.15) is 0 Å². The normalized spacial score (nSPS) is 32.8. The van der Waals surface area contributed by atoms with Crippen LogP contribution in [0.4, 0.5) is 0 Å². The molecule has 1 aliphatic heterocycles. The fourth-order valence-electron chi connectivity index (χ4n) is 5.28. The van der Waals surface area contributed by atoms with Gasteiger partial charge in [-0.05, 0) is 68.9 Å². The van der Waals surface area contributed by atoms with Gasteiger partial charge in [0.25, 0.3) is 0 Å². The molecule has 0 unspecified atom stereocenters. The third-order valence-electron chi connectivity index (χ3n) is 7.45. The zero-order valence-electron chi connectivity index (χ0n) is 15.6. The van der Waals surface area contributed by atoms with E-state index in [-0.39, 0.29) is 5.54 Å². The first-order valence-corrected chi connectivity index (χ1v) is 10.2. The average Bonchev–Trinajstić information content (AvgIpc) is 3.04. The van der Waals surface area contributed by atoms with Crippen molar-refractivity contribution in [3.05, 3.63) is 35.9 Å². The SMILES string of the molecule is CNC1(c2ccccc2)CCC2(CCN(C(=O)CC3CCC3)C2)CC1. The molecule has 3 nitrogen and oxygen atoms in total. The summed E-state index contributed by atoms with van der Waals surface area (Å²) in [5.74, 6) is 1.11. The Bertz CT molecular complexity index is 600. The van der Waals surface area contributed by atoms with Crippen molar-refractivity contribution in [2.75, 3.05) is 20.1 Å². The molecule has 1 amide bonds. The molecule has 3 aliphatic rings. The smallest absolute Gasteiger partial charge is 0.222 e. The fourth-order valence-corrected chi connectivity index (χ4v) is 5.28. The number of nitrogens with one attached hydrogen (secondary N) is 1. The first kappa shape index (κ1) is 17.1. The molecule has 0 atom stereocenters. The Hall–Kier alpha value is -1.35. The van der Waals surface area contributed by atoms with Crippen LogP contribution in [-0.4, -0.2) is 30.9 Å². The largest absolute Gasteiger partial charge is 0.342 e. The van der Waals surface area contributed by atoms with Gasteiger partial charge in [0.15, 0.2) is 0 Å². The molecule has 136 valence electrons. The van der Waals surface area contributed by atoms with E-state index >= 15 is 0 Å². The van der Waals surface area contributed by atoms with Crippen LogP contribution in [0.5, 0.6) is 0 Å². The molecule has 3 heteroatoms. The molecule has 1 aromatic rings. The second-order valence-electron chi connectivity index (χ2n) is 8.76. The summed E-state index contributed by atoms with van der Waals surface area (Å²) in [4.78, 5) is 14.8. The predicted molar refractivity (Wildman–Crippen MR) is 101 cm³/mol. The molecule has 0 aromatic heterocycles. The zero-order chi connectivity index (χ0) is 17.3. The van der Waals surface area contributed by atoms with Crippen LogP contribution in [0.1, 0.15) is 63.4 Å². The highest BCUT2D eigenvalue weighted by molar-refractivity contribution is 5.77. The van der Waals surface area contributed by atoms with Crippen LogP contribution in [0.3, 0.4) is 0 Å². The van der Waals surface area contributed by atoms with Crippen LogP contribution in [0, 0.1) is 11.3 Å². The van der Waals surface area contributed by atoms with E-state index in [4.69, 9.17) is 0 Å². The topological polar surface area (TPSA) is 32.3 Å². The lowest BCUT2D eigenvalue weighted by Crippen LogP contribution is -2.46. The number of benzene rings is 1. The van der Waals surface area contributed by atoms with Gasteiger partial charge in [-0.1, -0.05) is 36.8 Å². The van der Waals surface area contributed by atoms with E-state index in [0.29, 0.717) is 17.2 Å². The molecule has 1 saturated heterocycles. The molecule has 1 aromatic carbocycles. The Balaban J connectivity index is 1.38. The minimum atomic E-state index is 0.121. The molecular formula is C22H32N2O. The molecule has 0 bridgehead atoms. The predicted octanol–water partition coefficient (Wildman–Crippen LogP) is 4.08. The van der Waals surface area contributed by atoms with Gasteiger partial charge in [-0.25, -0.2) is 0 Å². The number of carbonyl (C=O) groups excluding carboxylic acids is 1. The fraction of sp³-hybridized carbons (Fsp3) is 0.682. The van der Waals surface area contributed by atoms with E-state index in [9.17, 15) is 4.79 Å². The van der Waals surface area contributed by atoms with Crippen molar-refractivity contribution in [1.82, 2.24) is 10.2 Å². The van der Waals surface area contributed by atoms with Crippen molar-refractivity contribution in [1.29, 1.82) is 0 Å². The summed E-state index contributed by atoms with van der Waals surface area (Å²) in [7, 11) is 2.11. The van der Waals surface area contributed by atoms with Gasteiger partial charge in [0, 0.05) is 25.0 Å². The third-order valence-corrected chi connectivity index (χ3v) is 7.45. The lowest BCUT2D eigenvalue weighted by Gasteiger charge is -2.45. The van der Waals surface area contributed by atoms with Crippen LogP contribution >= 0.6 is 0 Å². The summed E-state index contributed by atoms with van der Waals surface area (Å²) >= 11 is 0. The minimum Gasteiger partial charge on any atom is -0.342 e. The number of likely N-dealkylation sites (tertiary alicyclic amines) is 1. The van der Waals surface area contributed by atoms with Crippen LogP contribution in [0.15, 0.2) is 30.3 Å². The van der Waals surface area contributed by atoms with Crippen molar-refractivity contribution in [3.63, 3.8) is 0 Å². The van der Waals surface area contributed by atoms with Crippen LogP contribution < -0.4 is 5.32 Å². The zero-order valence-corrected chi connectivity index (χ0v) is 15.6. The molecule has 25 heavy (non-hydrogen) atoms. The maximum absolute atomic E-state index is 12.6. The summed E-state index contributed by atoms with van der Waals surface area (Å²) in [6.07, 6.45) is 10.7. The summed E-state index contributed by atoms with van der Waals surface area (Å²) in [6.45, 7) is 2.00. The van der Waals surface area contributed by atoms with Gasteiger partial charge in [0.1, 0.15) is 0 Å². The van der Waals surface area contributed by atoms with Crippen molar-refractivity contribution in [2.45, 2.75) is 63.3 Å². The van der Waals surface area contributed by atoms with Gasteiger partial charge in [-0.15, -0.1) is 0 Å². The number of hydrogen-bond acceptors (Lipinski definition) is 2. The van der Waals surface area contributed by atoms with E-state index in [2.05, 4.69) is 47.6 Å². The minimum absolute atomic E-state index is 0.121. The number of carbonyl (C=O) groups is 1. The molecule has 0 radical (unpaired) electrons. The molecule has 2 aliphatic carbocycles. The number of nitrogens with zero attached hydrogens (tertiary/aromatic N) is 1. The monoisotopic (exact) mass is 340 g/mol. The second kappa shape index (κ2) is 6.75. The van der Waals surface area contributed by atoms with Gasteiger partial charge in [0.2, 0.25) is 5.91 Å². The summed E-state index contributed by atoms with van der Waals surface area (Å²) < 4.78 is 0. The highest BCUT2D eigenvalue weighted by atomic mass is 16.2. The Morgan fingerprint density at radius 2 is 1.84 bits per heavy atom. The molecule has 2 saturated carbocycles. The number of hydrogen-bond donors (Lipinski definition) is 1. The lowest BCUT2D eigenvalue weighted by atomic mass is 9.65.